The third-order valence-corrected chi connectivity index (χ3v) is 6.23. The van der Waals surface area contributed by atoms with Gasteiger partial charge in [0.2, 0.25) is 5.91 Å². The smallest absolute Gasteiger partial charge is 0.475 e. The number of rotatable bonds is 2. The Morgan fingerprint density at radius 3 is 2.54 bits per heavy atom. The number of anilines is 1. The number of carboxylic acid groups (broad SMARTS) is 1. The van der Waals surface area contributed by atoms with Crippen molar-refractivity contribution >= 4 is 28.9 Å². The van der Waals surface area contributed by atoms with E-state index in [0.717, 1.165) is 64.2 Å². The molecule has 1 atom stereocenters. The Bertz CT molecular complexity index is 692. The number of nitrogens with zero attached hydrogens (tertiary/aromatic N) is 2. The molecule has 10 heteroatoms. The second kappa shape index (κ2) is 8.38. The summed E-state index contributed by atoms with van der Waals surface area (Å²) >= 11 is 1.66. The van der Waals surface area contributed by atoms with Gasteiger partial charge in [0.25, 0.3) is 0 Å². The molecule has 3 saturated heterocycles. The summed E-state index contributed by atoms with van der Waals surface area (Å²) in [4.78, 5) is 25.9. The highest BCUT2D eigenvalue weighted by Gasteiger charge is 2.48. The second-order valence-electron chi connectivity index (χ2n) is 7.51. The normalized spacial score (nSPS) is 26.5. The Balaban J connectivity index is 0.000000279. The molecular formula is C18H23F3N2O4S. The second-order valence-corrected chi connectivity index (χ2v) is 8.29. The van der Waals surface area contributed by atoms with Crippen LogP contribution in [0.25, 0.3) is 0 Å². The van der Waals surface area contributed by atoms with E-state index in [4.69, 9.17) is 14.6 Å². The molecular weight excluding hydrogens is 397 g/mol. The molecule has 3 aliphatic heterocycles. The average molecular weight is 420 g/mol. The minimum absolute atomic E-state index is 0.192. The number of likely N-dealkylation sites (tertiary alicyclic amines) is 1. The van der Waals surface area contributed by atoms with E-state index < -0.39 is 12.1 Å². The van der Waals surface area contributed by atoms with Gasteiger partial charge < -0.3 is 14.7 Å². The van der Waals surface area contributed by atoms with Crippen LogP contribution in [0.2, 0.25) is 0 Å². The van der Waals surface area contributed by atoms with Gasteiger partial charge in [0, 0.05) is 49.6 Å². The number of hydrogen-bond donors (Lipinski definition) is 1. The fourth-order valence-corrected chi connectivity index (χ4v) is 4.79. The van der Waals surface area contributed by atoms with Crippen molar-refractivity contribution in [1.82, 2.24) is 4.90 Å². The van der Waals surface area contributed by atoms with Crippen LogP contribution in [0.5, 0.6) is 0 Å². The summed E-state index contributed by atoms with van der Waals surface area (Å²) in [6.07, 6.45) is -0.893. The van der Waals surface area contributed by atoms with Crippen molar-refractivity contribution in [2.75, 3.05) is 37.7 Å². The van der Waals surface area contributed by atoms with Crippen LogP contribution in [0, 0.1) is 5.41 Å². The van der Waals surface area contributed by atoms with Crippen molar-refractivity contribution in [1.29, 1.82) is 0 Å². The summed E-state index contributed by atoms with van der Waals surface area (Å²) in [6, 6.07) is 2.73. The number of alkyl halides is 3. The maximum absolute atomic E-state index is 12.4. The molecule has 1 spiro atoms. The minimum Gasteiger partial charge on any atom is -0.475 e. The Kier molecular flexibility index (Phi) is 6.31. The number of amides is 1. The fraction of sp³-hybridized carbons (Fsp3) is 0.667. The molecule has 4 heterocycles. The lowest BCUT2D eigenvalue weighted by atomic mass is 9.86. The van der Waals surface area contributed by atoms with Gasteiger partial charge in [0.15, 0.2) is 0 Å². The van der Waals surface area contributed by atoms with E-state index in [2.05, 4.69) is 21.7 Å². The van der Waals surface area contributed by atoms with Crippen molar-refractivity contribution in [3.63, 3.8) is 0 Å². The minimum atomic E-state index is -5.08. The van der Waals surface area contributed by atoms with Gasteiger partial charge >= 0.3 is 12.1 Å². The lowest BCUT2D eigenvalue weighted by molar-refractivity contribution is -0.192. The van der Waals surface area contributed by atoms with Gasteiger partial charge in [-0.1, -0.05) is 0 Å². The third kappa shape index (κ3) is 4.84. The first kappa shape index (κ1) is 21.1. The summed E-state index contributed by atoms with van der Waals surface area (Å²) in [6.45, 7) is 4.93. The lowest BCUT2D eigenvalue weighted by Gasteiger charge is -2.32. The topological polar surface area (TPSA) is 70.1 Å². The first-order valence-electron chi connectivity index (χ1n) is 9.15. The van der Waals surface area contributed by atoms with Crippen molar-refractivity contribution in [3.8, 4) is 0 Å². The van der Waals surface area contributed by atoms with Gasteiger partial charge in [0.05, 0.1) is 5.69 Å². The standard InChI is InChI=1S/C16H22N2O2S.C2HF3O2/c19-15-9-16(12-18(15)14-3-8-21-10-14)4-5-17(11-16)13-1-6-20-7-2-13;3-2(4,5)1(6)7/h3,8,10,13H,1-2,4-7,9,11-12H2;(H,6,7). The Labute approximate surface area is 164 Å². The van der Waals surface area contributed by atoms with E-state index in [1.807, 2.05) is 4.90 Å². The quantitative estimate of drug-likeness (QED) is 0.797. The van der Waals surface area contributed by atoms with Crippen molar-refractivity contribution in [2.24, 2.45) is 5.41 Å². The molecule has 1 N–H and O–H groups in total. The zero-order valence-corrected chi connectivity index (χ0v) is 16.1. The number of carbonyl (C=O) groups is 2. The third-order valence-electron chi connectivity index (χ3n) is 5.56. The van der Waals surface area contributed by atoms with Crippen LogP contribution >= 0.6 is 11.3 Å². The highest BCUT2D eigenvalue weighted by Crippen LogP contribution is 2.43. The molecule has 0 aromatic carbocycles. The molecule has 156 valence electrons. The monoisotopic (exact) mass is 420 g/mol. The van der Waals surface area contributed by atoms with Gasteiger partial charge in [-0.3, -0.25) is 9.69 Å². The van der Waals surface area contributed by atoms with Crippen LogP contribution in [-0.4, -0.2) is 66.9 Å². The molecule has 1 amide bonds. The zero-order valence-electron chi connectivity index (χ0n) is 15.3. The number of carboxylic acids is 1. The first-order chi connectivity index (χ1) is 13.2. The van der Waals surface area contributed by atoms with Gasteiger partial charge in [-0.05, 0) is 37.3 Å². The van der Waals surface area contributed by atoms with E-state index in [0.29, 0.717) is 11.9 Å². The van der Waals surface area contributed by atoms with Crippen LogP contribution < -0.4 is 4.90 Å². The number of ether oxygens (including phenoxy) is 1. The van der Waals surface area contributed by atoms with Gasteiger partial charge in [-0.2, -0.15) is 24.5 Å². The maximum atomic E-state index is 12.4. The van der Waals surface area contributed by atoms with Crippen molar-refractivity contribution < 1.29 is 32.6 Å². The summed E-state index contributed by atoms with van der Waals surface area (Å²) in [7, 11) is 0. The van der Waals surface area contributed by atoms with Crippen molar-refractivity contribution in [3.05, 3.63) is 16.8 Å². The van der Waals surface area contributed by atoms with E-state index in [9.17, 15) is 18.0 Å². The number of halogens is 3. The van der Waals surface area contributed by atoms with Gasteiger partial charge in [0.1, 0.15) is 0 Å². The number of thiophene rings is 1. The number of hydrogen-bond acceptors (Lipinski definition) is 5. The molecule has 1 unspecified atom stereocenters. The number of carbonyl (C=O) groups excluding carboxylic acids is 1. The van der Waals surface area contributed by atoms with Crippen LogP contribution in [0.15, 0.2) is 16.8 Å². The van der Waals surface area contributed by atoms with Crippen molar-refractivity contribution in [2.45, 2.75) is 37.9 Å². The van der Waals surface area contributed by atoms with Crippen LogP contribution in [-0.2, 0) is 14.3 Å². The van der Waals surface area contributed by atoms with Crippen LogP contribution in [0.4, 0.5) is 18.9 Å². The molecule has 3 fully saturated rings. The molecule has 0 bridgehead atoms. The molecule has 1 aromatic heterocycles. The molecule has 0 saturated carbocycles. The predicted molar refractivity (Wildman–Crippen MR) is 97.4 cm³/mol. The average Bonchev–Trinajstić information content (AvgIpc) is 3.37. The zero-order chi connectivity index (χ0) is 20.4. The summed E-state index contributed by atoms with van der Waals surface area (Å²) in [5.74, 6) is -2.45. The Morgan fingerprint density at radius 2 is 1.96 bits per heavy atom. The SMILES string of the molecule is O=C(O)C(F)(F)F.O=C1CC2(CCN(C3CCOCC3)C2)CN1c1ccsc1. The Morgan fingerprint density at radius 1 is 1.29 bits per heavy atom. The van der Waals surface area contributed by atoms with Gasteiger partial charge in [-0.25, -0.2) is 4.79 Å². The Hall–Kier alpha value is -1.65. The predicted octanol–water partition coefficient (Wildman–Crippen LogP) is 2.99. The fourth-order valence-electron chi connectivity index (χ4n) is 4.15. The molecule has 6 nitrogen and oxygen atoms in total. The summed E-state index contributed by atoms with van der Waals surface area (Å²) < 4.78 is 37.2. The molecule has 28 heavy (non-hydrogen) atoms. The maximum Gasteiger partial charge on any atom is 0.490 e. The van der Waals surface area contributed by atoms with Crippen LogP contribution in [0.1, 0.15) is 25.7 Å². The molecule has 1 aromatic rings. The van der Waals surface area contributed by atoms with Crippen LogP contribution in [0.3, 0.4) is 0 Å². The van der Waals surface area contributed by atoms with E-state index in [1.54, 1.807) is 11.3 Å². The summed E-state index contributed by atoms with van der Waals surface area (Å²) in [5.41, 5.74) is 1.28. The highest BCUT2D eigenvalue weighted by molar-refractivity contribution is 7.08. The van der Waals surface area contributed by atoms with E-state index in [1.165, 1.54) is 0 Å². The lowest BCUT2D eigenvalue weighted by Crippen LogP contribution is -2.40. The molecule has 4 rings (SSSR count). The summed E-state index contributed by atoms with van der Waals surface area (Å²) in [5, 5.41) is 11.3. The molecule has 3 aliphatic rings. The molecule has 0 aliphatic carbocycles. The number of aliphatic carboxylic acids is 1. The van der Waals surface area contributed by atoms with E-state index >= 15 is 0 Å². The first-order valence-corrected chi connectivity index (χ1v) is 10.1. The molecule has 0 radical (unpaired) electrons. The highest BCUT2D eigenvalue weighted by atomic mass is 32.1. The van der Waals surface area contributed by atoms with Gasteiger partial charge in [-0.15, -0.1) is 0 Å². The largest absolute Gasteiger partial charge is 0.490 e. The van der Waals surface area contributed by atoms with E-state index in [-0.39, 0.29) is 5.41 Å².